The first kappa shape index (κ1) is 24.9. The average molecular weight is 531 g/mol. The number of amides is 1. The lowest BCUT2D eigenvalue weighted by atomic mass is 10.1. The summed E-state index contributed by atoms with van der Waals surface area (Å²) in [6, 6.07) is 12.1. The van der Waals surface area contributed by atoms with E-state index in [2.05, 4.69) is 20.6 Å². The molecule has 0 saturated carbocycles. The van der Waals surface area contributed by atoms with Gasteiger partial charge in [0.15, 0.2) is 5.16 Å². The molecule has 0 radical (unpaired) electrons. The van der Waals surface area contributed by atoms with Crippen LogP contribution in [0.2, 0.25) is 10.0 Å². The maximum absolute atomic E-state index is 12.5. The first-order valence-corrected chi connectivity index (χ1v) is 12.3. The second-order valence-corrected chi connectivity index (χ2v) is 9.35. The van der Waals surface area contributed by atoms with Gasteiger partial charge >= 0.3 is 0 Å². The summed E-state index contributed by atoms with van der Waals surface area (Å²) in [6.45, 7) is 0.350. The number of hydrogen-bond acceptors (Lipinski definition) is 7. The Labute approximate surface area is 214 Å². The zero-order valence-corrected chi connectivity index (χ0v) is 20.9. The minimum Gasteiger partial charge on any atom is -0.324 e. The van der Waals surface area contributed by atoms with Gasteiger partial charge in [-0.3, -0.25) is 9.59 Å². The van der Waals surface area contributed by atoms with Crippen molar-refractivity contribution in [1.29, 1.82) is 0 Å². The molecule has 0 unspecified atom stereocenters. The van der Waals surface area contributed by atoms with Crippen molar-refractivity contribution >= 4 is 63.6 Å². The number of rotatable bonds is 9. The molecule has 0 aliphatic heterocycles. The van der Waals surface area contributed by atoms with Crippen LogP contribution in [0.15, 0.2) is 52.4 Å². The van der Waals surface area contributed by atoms with Crippen LogP contribution in [0.4, 0.5) is 5.69 Å². The number of carbonyl (C=O) groups excluding carboxylic acids is 2. The van der Waals surface area contributed by atoms with Crippen LogP contribution in [0.5, 0.6) is 0 Å². The van der Waals surface area contributed by atoms with Crippen molar-refractivity contribution in [2.45, 2.75) is 24.5 Å². The first-order chi connectivity index (χ1) is 16.9. The summed E-state index contributed by atoms with van der Waals surface area (Å²) < 4.78 is 3.09. The van der Waals surface area contributed by atoms with Gasteiger partial charge in [0.05, 0.1) is 34.0 Å². The Morgan fingerprint density at radius 1 is 1.14 bits per heavy atom. The van der Waals surface area contributed by atoms with Gasteiger partial charge in [0.25, 0.3) is 5.56 Å². The molecular weight excluding hydrogens is 511 g/mol. The van der Waals surface area contributed by atoms with Crippen molar-refractivity contribution < 1.29 is 9.59 Å². The summed E-state index contributed by atoms with van der Waals surface area (Å²) in [5.74, 6) is 0.349. The first-order valence-electron chi connectivity index (χ1n) is 10.6. The highest BCUT2D eigenvalue weighted by atomic mass is 35.5. The molecule has 0 aliphatic carbocycles. The maximum Gasteiger partial charge on any atom is 0.274 e. The molecule has 0 spiro atoms. The number of halogens is 2. The van der Waals surface area contributed by atoms with E-state index in [4.69, 9.17) is 23.2 Å². The largest absolute Gasteiger partial charge is 0.324 e. The number of nitrogens with one attached hydrogen (secondary N) is 1. The maximum atomic E-state index is 12.5. The third-order valence-corrected chi connectivity index (χ3v) is 6.67. The van der Waals surface area contributed by atoms with E-state index in [0.29, 0.717) is 50.8 Å². The van der Waals surface area contributed by atoms with Gasteiger partial charge in [-0.2, -0.15) is 5.10 Å². The number of aromatic nitrogens is 5. The number of hydrogen-bond donors (Lipinski definition) is 1. The number of aldehydes is 1. The van der Waals surface area contributed by atoms with Gasteiger partial charge in [-0.25, -0.2) is 4.68 Å². The van der Waals surface area contributed by atoms with Crippen molar-refractivity contribution in [2.75, 3.05) is 11.1 Å². The molecule has 0 bridgehead atoms. The van der Waals surface area contributed by atoms with E-state index in [0.717, 1.165) is 11.7 Å². The highest BCUT2D eigenvalue weighted by Crippen LogP contribution is 2.26. The molecular formula is C23H20Cl2N6O3S. The molecule has 4 rings (SSSR count). The molecule has 2 aromatic carbocycles. The van der Waals surface area contributed by atoms with E-state index in [-0.39, 0.29) is 23.6 Å². The van der Waals surface area contributed by atoms with Crippen molar-refractivity contribution in [3.8, 4) is 0 Å². The Morgan fingerprint density at radius 3 is 2.66 bits per heavy atom. The lowest BCUT2D eigenvalue weighted by molar-refractivity contribution is -0.113. The van der Waals surface area contributed by atoms with Crippen LogP contribution in [0, 0.1) is 0 Å². The molecule has 4 aromatic rings. The van der Waals surface area contributed by atoms with E-state index in [1.54, 1.807) is 41.9 Å². The van der Waals surface area contributed by atoms with Crippen LogP contribution >= 0.6 is 35.0 Å². The van der Waals surface area contributed by atoms with E-state index >= 15 is 0 Å². The van der Waals surface area contributed by atoms with Gasteiger partial charge in [0, 0.05) is 30.4 Å². The van der Waals surface area contributed by atoms with Crippen LogP contribution in [-0.2, 0) is 29.6 Å². The normalized spacial score (nSPS) is 11.1. The summed E-state index contributed by atoms with van der Waals surface area (Å²) in [5, 5.41) is 18.3. The van der Waals surface area contributed by atoms with Crippen LogP contribution in [0.25, 0.3) is 10.8 Å². The van der Waals surface area contributed by atoms with E-state index < -0.39 is 0 Å². The fraction of sp³-hybridized carbons (Fsp3) is 0.217. The average Bonchev–Trinajstić information content (AvgIpc) is 3.22. The Hall–Kier alpha value is -3.21. The quantitative estimate of drug-likeness (QED) is 0.259. The molecule has 0 aliphatic rings. The molecule has 2 heterocycles. The lowest BCUT2D eigenvalue weighted by Crippen LogP contribution is -2.22. The predicted octanol–water partition coefficient (Wildman–Crippen LogP) is 3.74. The molecule has 0 atom stereocenters. The van der Waals surface area contributed by atoms with Crippen LogP contribution in [0.3, 0.4) is 0 Å². The Balaban J connectivity index is 1.55. The number of carbonyl (C=O) groups is 2. The summed E-state index contributed by atoms with van der Waals surface area (Å²) in [5.41, 5.74) is 0.932. The van der Waals surface area contributed by atoms with Crippen molar-refractivity contribution in [3.63, 3.8) is 0 Å². The zero-order chi connectivity index (χ0) is 24.9. The molecule has 1 N–H and O–H groups in total. The number of aryl methyl sites for hydroxylation is 1. The lowest BCUT2D eigenvalue weighted by Gasteiger charge is -2.11. The van der Waals surface area contributed by atoms with Crippen molar-refractivity contribution in [3.05, 3.63) is 74.4 Å². The van der Waals surface area contributed by atoms with Gasteiger partial charge in [-0.15, -0.1) is 10.2 Å². The second-order valence-electron chi connectivity index (χ2n) is 7.56. The summed E-state index contributed by atoms with van der Waals surface area (Å²) in [7, 11) is 1.60. The van der Waals surface area contributed by atoms with Gasteiger partial charge in [0.1, 0.15) is 12.1 Å². The molecule has 0 saturated heterocycles. The molecule has 0 fully saturated rings. The monoisotopic (exact) mass is 530 g/mol. The third kappa shape index (κ3) is 5.72. The molecule has 12 heteroatoms. The second kappa shape index (κ2) is 11.0. The molecule has 2 aromatic heterocycles. The highest BCUT2D eigenvalue weighted by Gasteiger charge is 2.18. The van der Waals surface area contributed by atoms with Crippen LogP contribution < -0.4 is 10.9 Å². The fourth-order valence-electron chi connectivity index (χ4n) is 3.53. The van der Waals surface area contributed by atoms with Gasteiger partial charge in [-0.1, -0.05) is 53.2 Å². The van der Waals surface area contributed by atoms with E-state index in [9.17, 15) is 14.4 Å². The summed E-state index contributed by atoms with van der Waals surface area (Å²) >= 11 is 13.2. The van der Waals surface area contributed by atoms with Gasteiger partial charge < -0.3 is 14.7 Å². The number of nitrogens with zero attached hydrogens (tertiary/aromatic N) is 5. The number of benzene rings is 2. The summed E-state index contributed by atoms with van der Waals surface area (Å²) in [4.78, 5) is 36.0. The smallest absolute Gasteiger partial charge is 0.274 e. The molecule has 180 valence electrons. The van der Waals surface area contributed by atoms with E-state index in [1.807, 2.05) is 12.1 Å². The SMILES string of the molecule is Cn1nc(Cc2nnc(SCC(=O)Nc3ccc(Cl)cc3Cl)n2CCC=O)c2ccccc2c1=O. The predicted molar refractivity (Wildman–Crippen MR) is 136 cm³/mol. The Kier molecular flexibility index (Phi) is 7.84. The third-order valence-electron chi connectivity index (χ3n) is 5.16. The topological polar surface area (TPSA) is 112 Å². The van der Waals surface area contributed by atoms with Crippen molar-refractivity contribution in [2.24, 2.45) is 7.05 Å². The highest BCUT2D eigenvalue weighted by molar-refractivity contribution is 7.99. The number of thioether (sulfide) groups is 1. The zero-order valence-electron chi connectivity index (χ0n) is 18.6. The minimum absolute atomic E-state index is 0.0548. The van der Waals surface area contributed by atoms with Gasteiger partial charge in [0.2, 0.25) is 5.91 Å². The molecule has 1 amide bonds. The van der Waals surface area contributed by atoms with E-state index in [1.165, 1.54) is 16.4 Å². The standard InChI is InChI=1S/C23H20Cl2N6O3S/c1-30-22(34)16-6-3-2-5-15(16)19(29-30)12-20-27-28-23(31(20)9-4-10-32)35-13-21(33)26-18-8-7-14(24)11-17(18)25/h2-3,5-8,10-11H,4,9,12-13H2,1H3,(H,26,33). The number of fused-ring (bicyclic) bond motifs is 1. The Morgan fingerprint density at radius 2 is 1.91 bits per heavy atom. The molecule has 9 nitrogen and oxygen atoms in total. The summed E-state index contributed by atoms with van der Waals surface area (Å²) in [6.07, 6.45) is 1.37. The van der Waals surface area contributed by atoms with Crippen LogP contribution in [-0.4, -0.2) is 42.5 Å². The fourth-order valence-corrected chi connectivity index (χ4v) is 4.77. The number of anilines is 1. The molecule has 35 heavy (non-hydrogen) atoms. The van der Waals surface area contributed by atoms with Gasteiger partial charge in [-0.05, 0) is 24.3 Å². The Bertz CT molecular complexity index is 1470. The minimum atomic E-state index is -0.281. The van der Waals surface area contributed by atoms with Crippen molar-refractivity contribution in [1.82, 2.24) is 24.5 Å². The van der Waals surface area contributed by atoms with Crippen LogP contribution in [0.1, 0.15) is 17.9 Å².